The highest BCUT2D eigenvalue weighted by Gasteiger charge is 2.30. The first-order chi connectivity index (χ1) is 10.6. The van der Waals surface area contributed by atoms with Crippen molar-refractivity contribution in [2.75, 3.05) is 46.6 Å². The van der Waals surface area contributed by atoms with Crippen LogP contribution in [0.25, 0.3) is 0 Å². The second-order valence-electron chi connectivity index (χ2n) is 4.90. The highest BCUT2D eigenvalue weighted by Crippen LogP contribution is 2.21. The molecule has 0 bridgehead atoms. The standard InChI is InChI=1S/C14H22N2O5S.ClH/c1-19-8-9-21-12-2-4-14(5-3-12)22(17,18)16-6-7-20-13(10-15)11-16;/h2-5,13H,6-11,15H2,1H3;1H. The Morgan fingerprint density at radius 2 is 2.00 bits per heavy atom. The van der Waals surface area contributed by atoms with Crippen LogP contribution in [0.2, 0.25) is 0 Å². The molecule has 1 aliphatic heterocycles. The third kappa shape index (κ3) is 5.30. The predicted molar refractivity (Wildman–Crippen MR) is 88.6 cm³/mol. The quantitative estimate of drug-likeness (QED) is 0.706. The highest BCUT2D eigenvalue weighted by atomic mass is 35.5. The Kier molecular flexibility index (Phi) is 8.24. The zero-order valence-corrected chi connectivity index (χ0v) is 14.6. The van der Waals surface area contributed by atoms with Crippen molar-refractivity contribution in [1.82, 2.24) is 4.31 Å². The van der Waals surface area contributed by atoms with E-state index in [0.29, 0.717) is 38.7 Å². The van der Waals surface area contributed by atoms with Gasteiger partial charge in [0.1, 0.15) is 12.4 Å². The Balaban J connectivity index is 0.00000264. The lowest BCUT2D eigenvalue weighted by atomic mass is 10.3. The molecule has 1 heterocycles. The maximum Gasteiger partial charge on any atom is 0.243 e. The van der Waals surface area contributed by atoms with E-state index in [4.69, 9.17) is 19.9 Å². The summed E-state index contributed by atoms with van der Waals surface area (Å²) in [7, 11) is -1.94. The zero-order valence-electron chi connectivity index (χ0n) is 13.0. The van der Waals surface area contributed by atoms with Gasteiger partial charge in [-0.15, -0.1) is 12.4 Å². The smallest absolute Gasteiger partial charge is 0.243 e. The summed E-state index contributed by atoms with van der Waals surface area (Å²) in [4.78, 5) is 0.240. The number of hydrogen-bond acceptors (Lipinski definition) is 6. The van der Waals surface area contributed by atoms with Crippen LogP contribution in [0.15, 0.2) is 29.2 Å². The normalized spacial score (nSPS) is 19.1. The van der Waals surface area contributed by atoms with Gasteiger partial charge in [-0.05, 0) is 24.3 Å². The fourth-order valence-electron chi connectivity index (χ4n) is 2.15. The molecule has 0 amide bonds. The molecule has 1 fully saturated rings. The molecule has 1 unspecified atom stereocenters. The Hall–Kier alpha value is -0.900. The van der Waals surface area contributed by atoms with E-state index in [-0.39, 0.29) is 30.0 Å². The summed E-state index contributed by atoms with van der Waals surface area (Å²) in [5.74, 6) is 0.609. The molecule has 0 aliphatic carbocycles. The van der Waals surface area contributed by atoms with Gasteiger partial charge in [0.15, 0.2) is 0 Å². The van der Waals surface area contributed by atoms with E-state index in [2.05, 4.69) is 0 Å². The molecule has 0 saturated carbocycles. The Labute approximate surface area is 143 Å². The number of ether oxygens (including phenoxy) is 3. The minimum Gasteiger partial charge on any atom is -0.491 e. The summed E-state index contributed by atoms with van der Waals surface area (Å²) in [6.45, 7) is 2.19. The van der Waals surface area contributed by atoms with Crippen molar-refractivity contribution in [2.45, 2.75) is 11.0 Å². The lowest BCUT2D eigenvalue weighted by molar-refractivity contribution is 0.00450. The molecule has 7 nitrogen and oxygen atoms in total. The molecule has 23 heavy (non-hydrogen) atoms. The van der Waals surface area contributed by atoms with Gasteiger partial charge in [-0.3, -0.25) is 0 Å². The fraction of sp³-hybridized carbons (Fsp3) is 0.571. The second-order valence-corrected chi connectivity index (χ2v) is 6.84. The molecule has 9 heteroatoms. The van der Waals surface area contributed by atoms with E-state index in [1.165, 1.54) is 4.31 Å². The minimum atomic E-state index is -3.53. The number of nitrogens with zero attached hydrogens (tertiary/aromatic N) is 1. The highest BCUT2D eigenvalue weighted by molar-refractivity contribution is 7.89. The third-order valence-electron chi connectivity index (χ3n) is 3.38. The number of sulfonamides is 1. The molecule has 1 aromatic rings. The molecule has 1 aliphatic rings. The molecule has 0 aromatic heterocycles. The first-order valence-electron chi connectivity index (χ1n) is 7.11. The van der Waals surface area contributed by atoms with Crippen LogP contribution in [0.3, 0.4) is 0 Å². The van der Waals surface area contributed by atoms with Crippen LogP contribution in [0.5, 0.6) is 5.75 Å². The van der Waals surface area contributed by atoms with Crippen molar-refractivity contribution in [1.29, 1.82) is 0 Å². The van der Waals surface area contributed by atoms with Crippen molar-refractivity contribution in [2.24, 2.45) is 5.73 Å². The van der Waals surface area contributed by atoms with E-state index in [0.717, 1.165) is 0 Å². The van der Waals surface area contributed by atoms with Gasteiger partial charge in [-0.1, -0.05) is 0 Å². The minimum absolute atomic E-state index is 0. The molecule has 2 rings (SSSR count). The van der Waals surface area contributed by atoms with Gasteiger partial charge in [0.2, 0.25) is 10.0 Å². The number of halogens is 1. The number of benzene rings is 1. The molecule has 2 N–H and O–H groups in total. The molecular formula is C14H23ClN2O5S. The molecular weight excluding hydrogens is 344 g/mol. The van der Waals surface area contributed by atoms with E-state index >= 15 is 0 Å². The molecule has 0 radical (unpaired) electrons. The molecule has 0 spiro atoms. The monoisotopic (exact) mass is 366 g/mol. The summed E-state index contributed by atoms with van der Waals surface area (Å²) < 4.78 is 42.3. The van der Waals surface area contributed by atoms with E-state index in [9.17, 15) is 8.42 Å². The molecule has 1 atom stereocenters. The van der Waals surface area contributed by atoms with Crippen LogP contribution < -0.4 is 10.5 Å². The molecule has 1 saturated heterocycles. The summed E-state index contributed by atoms with van der Waals surface area (Å²) in [6.07, 6.45) is -0.250. The Bertz CT molecular complexity index is 567. The number of rotatable bonds is 7. The zero-order chi connectivity index (χ0) is 16.0. The maximum absolute atomic E-state index is 12.6. The largest absolute Gasteiger partial charge is 0.491 e. The van der Waals surface area contributed by atoms with Crippen molar-refractivity contribution < 1.29 is 22.6 Å². The van der Waals surface area contributed by atoms with Crippen LogP contribution in [0.4, 0.5) is 0 Å². The first kappa shape index (κ1) is 20.1. The number of nitrogens with two attached hydrogens (primary N) is 1. The van der Waals surface area contributed by atoms with Gasteiger partial charge >= 0.3 is 0 Å². The summed E-state index contributed by atoms with van der Waals surface area (Å²) in [5.41, 5.74) is 5.55. The topological polar surface area (TPSA) is 91.1 Å². The lowest BCUT2D eigenvalue weighted by Crippen LogP contribution is -2.48. The maximum atomic E-state index is 12.6. The van der Waals surface area contributed by atoms with Crippen molar-refractivity contribution in [3.8, 4) is 5.75 Å². The average molecular weight is 367 g/mol. The summed E-state index contributed by atoms with van der Waals surface area (Å²) >= 11 is 0. The van der Waals surface area contributed by atoms with Crippen LogP contribution in [-0.2, 0) is 19.5 Å². The van der Waals surface area contributed by atoms with Crippen LogP contribution in [-0.4, -0.2) is 65.4 Å². The molecule has 1 aromatic carbocycles. The van der Waals surface area contributed by atoms with Gasteiger partial charge < -0.3 is 19.9 Å². The van der Waals surface area contributed by atoms with E-state index in [1.807, 2.05) is 0 Å². The van der Waals surface area contributed by atoms with Crippen molar-refractivity contribution >= 4 is 22.4 Å². The van der Waals surface area contributed by atoms with Crippen LogP contribution in [0, 0.1) is 0 Å². The van der Waals surface area contributed by atoms with E-state index < -0.39 is 10.0 Å². The number of morpholine rings is 1. The number of methoxy groups -OCH3 is 1. The van der Waals surface area contributed by atoms with Gasteiger partial charge in [-0.25, -0.2) is 8.42 Å². The lowest BCUT2D eigenvalue weighted by Gasteiger charge is -2.31. The van der Waals surface area contributed by atoms with Crippen molar-refractivity contribution in [3.05, 3.63) is 24.3 Å². The van der Waals surface area contributed by atoms with Gasteiger partial charge in [-0.2, -0.15) is 4.31 Å². The molecule has 132 valence electrons. The second kappa shape index (κ2) is 9.41. The van der Waals surface area contributed by atoms with Gasteiger partial charge in [0.05, 0.1) is 24.2 Å². The van der Waals surface area contributed by atoms with Crippen LogP contribution in [0.1, 0.15) is 0 Å². The Morgan fingerprint density at radius 3 is 2.61 bits per heavy atom. The van der Waals surface area contributed by atoms with Crippen LogP contribution >= 0.6 is 12.4 Å². The SMILES string of the molecule is COCCOc1ccc(S(=O)(=O)N2CCOC(CN)C2)cc1.Cl. The predicted octanol–water partition coefficient (Wildman–Crippen LogP) is 0.482. The number of hydrogen-bond donors (Lipinski definition) is 1. The summed E-state index contributed by atoms with van der Waals surface area (Å²) in [6, 6.07) is 6.38. The Morgan fingerprint density at radius 1 is 1.30 bits per heavy atom. The first-order valence-corrected chi connectivity index (χ1v) is 8.55. The van der Waals surface area contributed by atoms with E-state index in [1.54, 1.807) is 31.4 Å². The fourth-order valence-corrected chi connectivity index (χ4v) is 3.61. The van der Waals surface area contributed by atoms with Gasteiger partial charge in [0, 0.05) is 26.7 Å². The van der Waals surface area contributed by atoms with Gasteiger partial charge in [0.25, 0.3) is 0 Å². The average Bonchev–Trinajstić information content (AvgIpc) is 2.55. The van der Waals surface area contributed by atoms with Crippen molar-refractivity contribution in [3.63, 3.8) is 0 Å². The third-order valence-corrected chi connectivity index (χ3v) is 5.26. The summed E-state index contributed by atoms with van der Waals surface area (Å²) in [5, 5.41) is 0.